The minimum Gasteiger partial charge on any atom is -0.312 e. The molecule has 3 rings (SSSR count). The molecule has 0 amide bonds. The molecular weight excluding hydrogens is 251 g/mol. The minimum atomic E-state index is -0.141. The van der Waals surface area contributed by atoms with Crippen LogP contribution in [0.2, 0.25) is 0 Å². The molecule has 20 heavy (non-hydrogen) atoms. The molecule has 1 heterocycles. The lowest BCUT2D eigenvalue weighted by Crippen LogP contribution is -2.48. The van der Waals surface area contributed by atoms with Crippen molar-refractivity contribution < 1.29 is 4.39 Å². The van der Waals surface area contributed by atoms with E-state index in [0.29, 0.717) is 12.0 Å². The lowest BCUT2D eigenvalue weighted by molar-refractivity contribution is 0.190. The average Bonchev–Trinajstić information content (AvgIpc) is 2.37. The number of rotatable bonds is 4. The molecule has 110 valence electrons. The third kappa shape index (κ3) is 3.39. The van der Waals surface area contributed by atoms with Crippen LogP contribution in [0.5, 0.6) is 0 Å². The molecule has 1 saturated carbocycles. The van der Waals surface area contributed by atoms with Gasteiger partial charge in [-0.05, 0) is 62.4 Å². The molecule has 1 aromatic carbocycles. The average molecular weight is 276 g/mol. The van der Waals surface area contributed by atoms with Gasteiger partial charge in [0.2, 0.25) is 0 Å². The SMILES string of the molecule is CN1CC(NCC2CCC2)CC(c2ccc(F)cc2)C1. The quantitative estimate of drug-likeness (QED) is 0.909. The van der Waals surface area contributed by atoms with Gasteiger partial charge in [0.05, 0.1) is 0 Å². The Kier molecular flexibility index (Phi) is 4.37. The summed E-state index contributed by atoms with van der Waals surface area (Å²) in [5, 5.41) is 3.75. The van der Waals surface area contributed by atoms with Gasteiger partial charge in [-0.1, -0.05) is 18.6 Å². The zero-order valence-electron chi connectivity index (χ0n) is 12.3. The van der Waals surface area contributed by atoms with Crippen molar-refractivity contribution in [1.29, 1.82) is 0 Å². The van der Waals surface area contributed by atoms with E-state index in [4.69, 9.17) is 0 Å². The second-order valence-electron chi connectivity index (χ2n) is 6.61. The van der Waals surface area contributed by atoms with Gasteiger partial charge in [-0.3, -0.25) is 0 Å². The highest BCUT2D eigenvalue weighted by Gasteiger charge is 2.27. The van der Waals surface area contributed by atoms with Crippen molar-refractivity contribution >= 4 is 0 Å². The van der Waals surface area contributed by atoms with E-state index in [9.17, 15) is 4.39 Å². The first-order valence-corrected chi connectivity index (χ1v) is 7.88. The van der Waals surface area contributed by atoms with Crippen molar-refractivity contribution in [3.8, 4) is 0 Å². The zero-order chi connectivity index (χ0) is 13.9. The van der Waals surface area contributed by atoms with Crippen LogP contribution in [0.15, 0.2) is 24.3 Å². The molecule has 2 unspecified atom stereocenters. The Labute approximate surface area is 121 Å². The maximum absolute atomic E-state index is 13.0. The van der Waals surface area contributed by atoms with Crippen LogP contribution in [0, 0.1) is 11.7 Å². The number of likely N-dealkylation sites (tertiary alicyclic amines) is 1. The van der Waals surface area contributed by atoms with Gasteiger partial charge in [-0.2, -0.15) is 0 Å². The summed E-state index contributed by atoms with van der Waals surface area (Å²) < 4.78 is 13.0. The van der Waals surface area contributed by atoms with Crippen LogP contribution in [0.25, 0.3) is 0 Å². The molecule has 0 radical (unpaired) electrons. The number of nitrogens with zero attached hydrogens (tertiary/aromatic N) is 1. The van der Waals surface area contributed by atoms with E-state index in [1.807, 2.05) is 12.1 Å². The minimum absolute atomic E-state index is 0.141. The Hall–Kier alpha value is -0.930. The van der Waals surface area contributed by atoms with E-state index in [0.717, 1.165) is 19.0 Å². The summed E-state index contributed by atoms with van der Waals surface area (Å²) in [6.07, 6.45) is 5.38. The number of likely N-dealkylation sites (N-methyl/N-ethyl adjacent to an activating group) is 1. The van der Waals surface area contributed by atoms with Crippen LogP contribution in [0.1, 0.15) is 37.2 Å². The van der Waals surface area contributed by atoms with Crippen molar-refractivity contribution in [3.05, 3.63) is 35.6 Å². The molecule has 0 bridgehead atoms. The molecular formula is C17H25FN2. The molecule has 1 saturated heterocycles. The van der Waals surface area contributed by atoms with Gasteiger partial charge in [0.25, 0.3) is 0 Å². The lowest BCUT2D eigenvalue weighted by atomic mass is 9.84. The van der Waals surface area contributed by atoms with Crippen LogP contribution in [-0.2, 0) is 0 Å². The van der Waals surface area contributed by atoms with Crippen molar-refractivity contribution in [2.75, 3.05) is 26.7 Å². The summed E-state index contributed by atoms with van der Waals surface area (Å²) in [7, 11) is 2.19. The van der Waals surface area contributed by atoms with Crippen molar-refractivity contribution in [2.24, 2.45) is 5.92 Å². The third-order valence-corrected chi connectivity index (χ3v) is 4.89. The van der Waals surface area contributed by atoms with Crippen LogP contribution in [0.4, 0.5) is 4.39 Å². The van der Waals surface area contributed by atoms with Gasteiger partial charge in [-0.15, -0.1) is 0 Å². The molecule has 2 nitrogen and oxygen atoms in total. The first kappa shape index (κ1) is 14.0. The fraction of sp³-hybridized carbons (Fsp3) is 0.647. The predicted octanol–water partition coefficient (Wildman–Crippen LogP) is 3.00. The van der Waals surface area contributed by atoms with Crippen molar-refractivity contribution in [2.45, 2.75) is 37.6 Å². The maximum Gasteiger partial charge on any atom is 0.123 e. The Balaban J connectivity index is 1.58. The molecule has 2 atom stereocenters. The van der Waals surface area contributed by atoms with Crippen LogP contribution < -0.4 is 5.32 Å². The number of hydrogen-bond acceptors (Lipinski definition) is 2. The third-order valence-electron chi connectivity index (χ3n) is 4.89. The molecule has 0 aromatic heterocycles. The Morgan fingerprint density at radius 3 is 2.60 bits per heavy atom. The Bertz CT molecular complexity index is 427. The molecule has 1 aliphatic heterocycles. The normalized spacial score (nSPS) is 28.3. The molecule has 2 aliphatic rings. The summed E-state index contributed by atoms with van der Waals surface area (Å²) in [4.78, 5) is 2.40. The molecule has 2 fully saturated rings. The fourth-order valence-electron chi connectivity index (χ4n) is 3.47. The molecule has 3 heteroatoms. The first-order chi connectivity index (χ1) is 9.70. The number of hydrogen-bond donors (Lipinski definition) is 1. The highest BCUT2D eigenvalue weighted by atomic mass is 19.1. The van der Waals surface area contributed by atoms with Gasteiger partial charge < -0.3 is 10.2 Å². The summed E-state index contributed by atoms with van der Waals surface area (Å²) in [6.45, 7) is 3.38. The maximum atomic E-state index is 13.0. The monoisotopic (exact) mass is 276 g/mol. The predicted molar refractivity (Wildman–Crippen MR) is 80.4 cm³/mol. The smallest absolute Gasteiger partial charge is 0.123 e. The van der Waals surface area contributed by atoms with Gasteiger partial charge in [0.1, 0.15) is 5.82 Å². The van der Waals surface area contributed by atoms with Crippen molar-refractivity contribution in [1.82, 2.24) is 10.2 Å². The highest BCUT2D eigenvalue weighted by molar-refractivity contribution is 5.22. The van der Waals surface area contributed by atoms with Gasteiger partial charge in [0.15, 0.2) is 0 Å². The van der Waals surface area contributed by atoms with E-state index < -0.39 is 0 Å². The van der Waals surface area contributed by atoms with Crippen molar-refractivity contribution in [3.63, 3.8) is 0 Å². The van der Waals surface area contributed by atoms with E-state index in [-0.39, 0.29) is 5.82 Å². The van der Waals surface area contributed by atoms with E-state index in [2.05, 4.69) is 17.3 Å². The number of nitrogens with one attached hydrogen (secondary N) is 1. The summed E-state index contributed by atoms with van der Waals surface area (Å²) in [5.74, 6) is 1.29. The summed E-state index contributed by atoms with van der Waals surface area (Å²) in [6, 6.07) is 7.63. The second-order valence-corrected chi connectivity index (χ2v) is 6.61. The van der Waals surface area contributed by atoms with Crippen LogP contribution in [0.3, 0.4) is 0 Å². The highest BCUT2D eigenvalue weighted by Crippen LogP contribution is 2.28. The summed E-state index contributed by atoms with van der Waals surface area (Å²) in [5.41, 5.74) is 1.27. The van der Waals surface area contributed by atoms with Crippen LogP contribution >= 0.6 is 0 Å². The van der Waals surface area contributed by atoms with E-state index in [1.165, 1.54) is 37.8 Å². The molecule has 1 aliphatic carbocycles. The number of benzene rings is 1. The Morgan fingerprint density at radius 1 is 1.20 bits per heavy atom. The molecule has 0 spiro atoms. The van der Waals surface area contributed by atoms with Gasteiger partial charge >= 0.3 is 0 Å². The van der Waals surface area contributed by atoms with Gasteiger partial charge in [-0.25, -0.2) is 4.39 Å². The number of piperidine rings is 1. The lowest BCUT2D eigenvalue weighted by Gasteiger charge is -2.38. The standard InChI is InChI=1S/C17H25FN2/c1-20-11-15(14-5-7-16(18)8-6-14)9-17(12-20)19-10-13-3-2-4-13/h5-8,13,15,17,19H,2-4,9-12H2,1H3. The summed E-state index contributed by atoms with van der Waals surface area (Å²) >= 11 is 0. The topological polar surface area (TPSA) is 15.3 Å². The van der Waals surface area contributed by atoms with E-state index >= 15 is 0 Å². The van der Waals surface area contributed by atoms with Gasteiger partial charge in [0, 0.05) is 19.1 Å². The Morgan fingerprint density at radius 2 is 1.95 bits per heavy atom. The zero-order valence-corrected chi connectivity index (χ0v) is 12.3. The second kappa shape index (κ2) is 6.23. The largest absolute Gasteiger partial charge is 0.312 e. The molecule has 1 aromatic rings. The molecule has 1 N–H and O–H groups in total. The number of halogens is 1. The van der Waals surface area contributed by atoms with E-state index in [1.54, 1.807) is 12.1 Å². The fourth-order valence-corrected chi connectivity index (χ4v) is 3.47. The van der Waals surface area contributed by atoms with Crippen LogP contribution in [-0.4, -0.2) is 37.6 Å². The first-order valence-electron chi connectivity index (χ1n) is 7.88.